The lowest BCUT2D eigenvalue weighted by atomic mass is 9.70. The van der Waals surface area contributed by atoms with Crippen LogP contribution in [0.3, 0.4) is 0 Å². The molecule has 5 heteroatoms. The van der Waals surface area contributed by atoms with Crippen molar-refractivity contribution in [1.29, 1.82) is 0 Å². The number of hydrogen-bond donors (Lipinski definition) is 2. The lowest BCUT2D eigenvalue weighted by molar-refractivity contribution is -0.139. The third-order valence-electron chi connectivity index (χ3n) is 5.24. The van der Waals surface area contributed by atoms with E-state index in [1.165, 1.54) is 0 Å². The molecular formula is C16H29N3O2. The normalized spacial score (nSPS) is 31.0. The van der Waals surface area contributed by atoms with Crippen molar-refractivity contribution >= 4 is 11.8 Å². The standard InChI is InChI=1S/C16H29N3O2/c1-12-5-7-16(11-17,8-6-12)15(21)18-13(2)14(20)19-9-3-4-10-19/h12-13H,3-11,17H2,1-2H3,(H,18,21). The first-order valence-electron chi connectivity index (χ1n) is 8.28. The molecule has 1 heterocycles. The van der Waals surface area contributed by atoms with Gasteiger partial charge in [0, 0.05) is 19.6 Å². The van der Waals surface area contributed by atoms with E-state index in [4.69, 9.17) is 5.73 Å². The van der Waals surface area contributed by atoms with Crippen LogP contribution in [0.15, 0.2) is 0 Å². The Morgan fingerprint density at radius 1 is 1.29 bits per heavy atom. The lowest BCUT2D eigenvalue weighted by Crippen LogP contribution is -2.54. The molecule has 0 aromatic heterocycles. The molecule has 1 aliphatic carbocycles. The fourth-order valence-corrected chi connectivity index (χ4v) is 3.46. The maximum atomic E-state index is 12.6. The summed E-state index contributed by atoms with van der Waals surface area (Å²) in [5.74, 6) is 0.676. The van der Waals surface area contributed by atoms with Crippen LogP contribution in [-0.4, -0.2) is 42.4 Å². The van der Waals surface area contributed by atoms with Gasteiger partial charge in [-0.15, -0.1) is 0 Å². The Bertz CT molecular complexity index is 383. The second kappa shape index (κ2) is 6.77. The largest absolute Gasteiger partial charge is 0.344 e. The third kappa shape index (κ3) is 3.57. The molecule has 2 amide bonds. The minimum absolute atomic E-state index is 0.0306. The molecule has 1 atom stereocenters. The first-order chi connectivity index (χ1) is 9.98. The molecule has 0 radical (unpaired) electrons. The summed E-state index contributed by atoms with van der Waals surface area (Å²) in [6.45, 7) is 6.01. The molecule has 2 aliphatic rings. The van der Waals surface area contributed by atoms with Crippen molar-refractivity contribution in [2.24, 2.45) is 17.1 Å². The van der Waals surface area contributed by atoms with Gasteiger partial charge in [0.2, 0.25) is 11.8 Å². The first-order valence-corrected chi connectivity index (χ1v) is 8.28. The summed E-state index contributed by atoms with van der Waals surface area (Å²) in [6, 6.07) is -0.446. The number of nitrogens with zero attached hydrogens (tertiary/aromatic N) is 1. The van der Waals surface area contributed by atoms with Crippen molar-refractivity contribution in [3.05, 3.63) is 0 Å². The van der Waals surface area contributed by atoms with Crippen LogP contribution in [0.25, 0.3) is 0 Å². The van der Waals surface area contributed by atoms with Crippen LogP contribution >= 0.6 is 0 Å². The number of carbonyl (C=O) groups excluding carboxylic acids is 2. The maximum absolute atomic E-state index is 12.6. The van der Waals surface area contributed by atoms with Gasteiger partial charge in [-0.3, -0.25) is 9.59 Å². The minimum Gasteiger partial charge on any atom is -0.344 e. The van der Waals surface area contributed by atoms with Crippen LogP contribution in [0.2, 0.25) is 0 Å². The molecule has 2 fully saturated rings. The van der Waals surface area contributed by atoms with Crippen LogP contribution in [0.1, 0.15) is 52.4 Å². The molecule has 2 rings (SSSR count). The molecule has 1 saturated carbocycles. The van der Waals surface area contributed by atoms with E-state index in [2.05, 4.69) is 12.2 Å². The van der Waals surface area contributed by atoms with Gasteiger partial charge in [0.15, 0.2) is 0 Å². The third-order valence-corrected chi connectivity index (χ3v) is 5.24. The molecule has 0 aromatic carbocycles. The Kier molecular flexibility index (Phi) is 5.25. The highest BCUT2D eigenvalue weighted by atomic mass is 16.2. The second-order valence-corrected chi connectivity index (χ2v) is 6.89. The first kappa shape index (κ1) is 16.3. The van der Waals surface area contributed by atoms with Crippen LogP contribution in [-0.2, 0) is 9.59 Å². The number of amides is 2. The lowest BCUT2D eigenvalue weighted by Gasteiger charge is -2.38. The van der Waals surface area contributed by atoms with E-state index in [1.54, 1.807) is 6.92 Å². The van der Waals surface area contributed by atoms with Gasteiger partial charge in [-0.2, -0.15) is 0 Å². The molecule has 1 saturated heterocycles. The van der Waals surface area contributed by atoms with Crippen molar-refractivity contribution in [2.75, 3.05) is 19.6 Å². The Hall–Kier alpha value is -1.10. The summed E-state index contributed by atoms with van der Waals surface area (Å²) in [5, 5.41) is 2.92. The predicted octanol–water partition coefficient (Wildman–Crippen LogP) is 1.27. The average Bonchev–Trinajstić information content (AvgIpc) is 3.01. The molecule has 1 aliphatic heterocycles. The van der Waals surface area contributed by atoms with E-state index in [1.807, 2.05) is 4.90 Å². The van der Waals surface area contributed by atoms with Crippen molar-refractivity contribution in [3.8, 4) is 0 Å². The Labute approximate surface area is 127 Å². The van der Waals surface area contributed by atoms with Crippen molar-refractivity contribution < 1.29 is 9.59 Å². The second-order valence-electron chi connectivity index (χ2n) is 6.89. The number of rotatable bonds is 4. The Morgan fingerprint density at radius 3 is 2.38 bits per heavy atom. The van der Waals surface area contributed by atoms with Gasteiger partial charge < -0.3 is 16.0 Å². The van der Waals surface area contributed by atoms with E-state index >= 15 is 0 Å². The Morgan fingerprint density at radius 2 is 1.86 bits per heavy atom. The molecule has 3 N–H and O–H groups in total. The van der Waals surface area contributed by atoms with E-state index in [0.29, 0.717) is 12.5 Å². The molecule has 0 spiro atoms. The molecule has 0 aromatic rings. The number of hydrogen-bond acceptors (Lipinski definition) is 3. The SMILES string of the molecule is CC1CCC(CN)(C(=O)NC(C)C(=O)N2CCCC2)CC1. The smallest absolute Gasteiger partial charge is 0.244 e. The highest BCUT2D eigenvalue weighted by Crippen LogP contribution is 2.38. The van der Waals surface area contributed by atoms with Gasteiger partial charge >= 0.3 is 0 Å². The van der Waals surface area contributed by atoms with Gasteiger partial charge in [-0.25, -0.2) is 0 Å². The number of carbonyl (C=O) groups is 2. The zero-order valence-corrected chi connectivity index (χ0v) is 13.4. The molecule has 0 bridgehead atoms. The van der Waals surface area contributed by atoms with Crippen molar-refractivity contribution in [1.82, 2.24) is 10.2 Å². The summed E-state index contributed by atoms with van der Waals surface area (Å²) in [7, 11) is 0. The molecule has 21 heavy (non-hydrogen) atoms. The van der Waals surface area contributed by atoms with Gasteiger partial charge in [0.1, 0.15) is 6.04 Å². The van der Waals surface area contributed by atoms with E-state index < -0.39 is 11.5 Å². The van der Waals surface area contributed by atoms with Crippen molar-refractivity contribution in [2.45, 2.75) is 58.4 Å². The highest BCUT2D eigenvalue weighted by molar-refractivity contribution is 5.90. The van der Waals surface area contributed by atoms with E-state index in [9.17, 15) is 9.59 Å². The summed E-state index contributed by atoms with van der Waals surface area (Å²) < 4.78 is 0. The molecule has 120 valence electrons. The summed E-state index contributed by atoms with van der Waals surface area (Å²) >= 11 is 0. The van der Waals surface area contributed by atoms with Crippen LogP contribution in [0.5, 0.6) is 0 Å². The van der Waals surface area contributed by atoms with Gasteiger partial charge in [-0.05, 0) is 51.4 Å². The number of nitrogens with two attached hydrogens (primary N) is 1. The average molecular weight is 295 g/mol. The number of nitrogens with one attached hydrogen (secondary N) is 1. The monoisotopic (exact) mass is 295 g/mol. The summed E-state index contributed by atoms with van der Waals surface area (Å²) in [6.07, 6.45) is 5.88. The van der Waals surface area contributed by atoms with E-state index in [0.717, 1.165) is 51.6 Å². The van der Waals surface area contributed by atoms with Crippen LogP contribution in [0, 0.1) is 11.3 Å². The predicted molar refractivity (Wildman–Crippen MR) is 82.5 cm³/mol. The summed E-state index contributed by atoms with van der Waals surface area (Å²) in [5.41, 5.74) is 5.44. The molecule has 1 unspecified atom stereocenters. The molecular weight excluding hydrogens is 266 g/mol. The quantitative estimate of drug-likeness (QED) is 0.820. The fraction of sp³-hybridized carbons (Fsp3) is 0.875. The van der Waals surface area contributed by atoms with Crippen LogP contribution in [0.4, 0.5) is 0 Å². The van der Waals surface area contributed by atoms with Gasteiger partial charge in [0.25, 0.3) is 0 Å². The maximum Gasteiger partial charge on any atom is 0.244 e. The fourth-order valence-electron chi connectivity index (χ4n) is 3.46. The van der Waals surface area contributed by atoms with Gasteiger partial charge in [0.05, 0.1) is 5.41 Å². The highest BCUT2D eigenvalue weighted by Gasteiger charge is 2.41. The van der Waals surface area contributed by atoms with Crippen molar-refractivity contribution in [3.63, 3.8) is 0 Å². The van der Waals surface area contributed by atoms with Crippen LogP contribution < -0.4 is 11.1 Å². The number of likely N-dealkylation sites (tertiary alicyclic amines) is 1. The van der Waals surface area contributed by atoms with Gasteiger partial charge in [-0.1, -0.05) is 6.92 Å². The minimum atomic E-state index is -0.466. The molecule has 5 nitrogen and oxygen atoms in total. The Balaban J connectivity index is 1.94. The zero-order chi connectivity index (χ0) is 15.5. The summed E-state index contributed by atoms with van der Waals surface area (Å²) in [4.78, 5) is 26.8. The van der Waals surface area contributed by atoms with E-state index in [-0.39, 0.29) is 11.8 Å². The zero-order valence-electron chi connectivity index (χ0n) is 13.4. The topological polar surface area (TPSA) is 75.4 Å².